The van der Waals surface area contributed by atoms with Gasteiger partial charge >= 0.3 is 0 Å². The molecule has 0 aliphatic carbocycles. The van der Waals surface area contributed by atoms with Crippen LogP contribution in [0.2, 0.25) is 5.15 Å². The Bertz CT molecular complexity index is 820. The molecular weight excluding hydrogens is 352 g/mol. The van der Waals surface area contributed by atoms with Crippen LogP contribution in [0.3, 0.4) is 0 Å². The van der Waals surface area contributed by atoms with E-state index in [1.165, 1.54) is 0 Å². The molecule has 21 heavy (non-hydrogen) atoms. The van der Waals surface area contributed by atoms with Gasteiger partial charge in [-0.2, -0.15) is 5.10 Å². The van der Waals surface area contributed by atoms with Gasteiger partial charge in [-0.05, 0) is 17.7 Å². The van der Waals surface area contributed by atoms with Gasteiger partial charge in [0.2, 0.25) is 0 Å². The zero-order chi connectivity index (χ0) is 14.7. The first-order chi connectivity index (χ1) is 10.2. The van der Waals surface area contributed by atoms with E-state index in [2.05, 4.69) is 36.7 Å². The molecule has 0 amide bonds. The minimum absolute atomic E-state index is 0.382. The largest absolute Gasteiger partial charge is 0.259 e. The van der Waals surface area contributed by atoms with Crippen LogP contribution in [0.4, 0.5) is 5.82 Å². The summed E-state index contributed by atoms with van der Waals surface area (Å²) in [7, 11) is 0. The second-order valence-electron chi connectivity index (χ2n) is 4.31. The van der Waals surface area contributed by atoms with E-state index in [0.717, 1.165) is 20.8 Å². The Morgan fingerprint density at radius 1 is 1.05 bits per heavy atom. The van der Waals surface area contributed by atoms with Gasteiger partial charge in [0.25, 0.3) is 0 Å². The molecule has 0 aliphatic rings. The number of hydrogen-bond acceptors (Lipinski definition) is 4. The van der Waals surface area contributed by atoms with E-state index in [9.17, 15) is 0 Å². The number of aromatic nitrogens is 2. The number of halogens is 2. The van der Waals surface area contributed by atoms with Gasteiger partial charge in [-0.15, -0.1) is 10.2 Å². The maximum atomic E-state index is 6.03. The fourth-order valence-electron chi connectivity index (χ4n) is 1.91. The lowest BCUT2D eigenvalue weighted by atomic mass is 10.2. The first-order valence-corrected chi connectivity index (χ1v) is 7.37. The number of rotatable bonds is 3. The summed E-state index contributed by atoms with van der Waals surface area (Å²) < 4.78 is 1.00. The zero-order valence-corrected chi connectivity index (χ0v) is 13.1. The van der Waals surface area contributed by atoms with Crippen molar-refractivity contribution in [3.05, 3.63) is 63.7 Å². The summed E-state index contributed by atoms with van der Waals surface area (Å²) in [5.41, 5.74) is 3.88. The normalized spacial score (nSPS) is 11.1. The molecule has 1 N–H and O–H groups in total. The highest BCUT2D eigenvalue weighted by Gasteiger charge is 2.05. The van der Waals surface area contributed by atoms with Crippen LogP contribution in [0.25, 0.3) is 10.8 Å². The molecule has 3 aromatic rings. The number of benzene rings is 2. The number of hydrazone groups is 1. The molecule has 0 bridgehead atoms. The van der Waals surface area contributed by atoms with Crippen LogP contribution < -0.4 is 5.43 Å². The van der Waals surface area contributed by atoms with Gasteiger partial charge in [0.05, 0.1) is 6.21 Å². The average Bonchev–Trinajstić information content (AvgIpc) is 2.50. The van der Waals surface area contributed by atoms with Gasteiger partial charge in [-0.3, -0.25) is 5.43 Å². The lowest BCUT2D eigenvalue weighted by Gasteiger charge is -2.04. The van der Waals surface area contributed by atoms with Crippen LogP contribution in [0, 0.1) is 0 Å². The Morgan fingerprint density at radius 2 is 1.86 bits per heavy atom. The molecule has 104 valence electrons. The Morgan fingerprint density at radius 3 is 2.67 bits per heavy atom. The molecule has 0 aliphatic heterocycles. The average molecular weight is 362 g/mol. The monoisotopic (exact) mass is 360 g/mol. The lowest BCUT2D eigenvalue weighted by Crippen LogP contribution is -1.97. The third kappa shape index (κ3) is 3.20. The van der Waals surface area contributed by atoms with Gasteiger partial charge < -0.3 is 0 Å². The second kappa shape index (κ2) is 6.20. The Labute approximate surface area is 135 Å². The molecule has 4 nitrogen and oxygen atoms in total. The highest BCUT2D eigenvalue weighted by Crippen LogP contribution is 2.25. The smallest absolute Gasteiger partial charge is 0.176 e. The van der Waals surface area contributed by atoms with Crippen molar-refractivity contribution in [2.75, 3.05) is 5.43 Å². The maximum Gasteiger partial charge on any atom is 0.176 e. The molecule has 0 radical (unpaired) electrons. The molecule has 1 aromatic heterocycles. The predicted octanol–water partition coefficient (Wildman–Crippen LogP) is 4.49. The minimum atomic E-state index is 0.382. The Hall–Kier alpha value is -1.98. The van der Waals surface area contributed by atoms with Crippen LogP contribution in [-0.2, 0) is 0 Å². The number of hydrogen-bond donors (Lipinski definition) is 1. The summed E-state index contributed by atoms with van der Waals surface area (Å²) in [5.74, 6) is 0.571. The SMILES string of the molecule is Clc1nnc(N/N=C\c2cccc(Br)c2)c2ccccc12. The predicted molar refractivity (Wildman–Crippen MR) is 89.9 cm³/mol. The van der Waals surface area contributed by atoms with Crippen LogP contribution in [0.1, 0.15) is 5.56 Å². The molecule has 6 heteroatoms. The van der Waals surface area contributed by atoms with Gasteiger partial charge in [0, 0.05) is 15.2 Å². The highest BCUT2D eigenvalue weighted by molar-refractivity contribution is 9.10. The van der Waals surface area contributed by atoms with E-state index < -0.39 is 0 Å². The molecule has 0 saturated heterocycles. The molecule has 0 atom stereocenters. The zero-order valence-electron chi connectivity index (χ0n) is 10.8. The van der Waals surface area contributed by atoms with Crippen molar-refractivity contribution in [2.45, 2.75) is 0 Å². The molecule has 0 unspecified atom stereocenters. The third-order valence-electron chi connectivity index (χ3n) is 2.87. The van der Waals surface area contributed by atoms with E-state index in [1.807, 2.05) is 48.5 Å². The van der Waals surface area contributed by atoms with E-state index in [0.29, 0.717) is 11.0 Å². The number of anilines is 1. The van der Waals surface area contributed by atoms with Gasteiger partial charge in [0.15, 0.2) is 11.0 Å². The van der Waals surface area contributed by atoms with Gasteiger partial charge in [-0.1, -0.05) is 63.9 Å². The maximum absolute atomic E-state index is 6.03. The fraction of sp³-hybridized carbons (Fsp3) is 0. The van der Waals surface area contributed by atoms with Crippen molar-refractivity contribution < 1.29 is 0 Å². The summed E-state index contributed by atoms with van der Waals surface area (Å²) in [6, 6.07) is 15.5. The van der Waals surface area contributed by atoms with E-state index >= 15 is 0 Å². The molecule has 0 fully saturated rings. The second-order valence-corrected chi connectivity index (χ2v) is 5.58. The van der Waals surface area contributed by atoms with Crippen LogP contribution >= 0.6 is 27.5 Å². The summed E-state index contributed by atoms with van der Waals surface area (Å²) in [4.78, 5) is 0. The van der Waals surface area contributed by atoms with E-state index in [1.54, 1.807) is 6.21 Å². The molecule has 0 spiro atoms. The van der Waals surface area contributed by atoms with Crippen molar-refractivity contribution in [3.63, 3.8) is 0 Å². The lowest BCUT2D eigenvalue weighted by molar-refractivity contribution is 1.04. The third-order valence-corrected chi connectivity index (χ3v) is 3.65. The Balaban J connectivity index is 1.87. The highest BCUT2D eigenvalue weighted by atomic mass is 79.9. The first kappa shape index (κ1) is 14.0. The van der Waals surface area contributed by atoms with Crippen LogP contribution in [-0.4, -0.2) is 16.4 Å². The summed E-state index contributed by atoms with van der Waals surface area (Å²) in [5, 5.41) is 14.3. The standard InChI is InChI=1S/C15H10BrClN4/c16-11-5-3-4-10(8-11)9-18-20-15-13-7-2-1-6-12(13)14(17)19-21-15/h1-9H,(H,20,21)/b18-9-. The number of nitrogens with zero attached hydrogens (tertiary/aromatic N) is 3. The number of fused-ring (bicyclic) bond motifs is 1. The fourth-order valence-corrected chi connectivity index (χ4v) is 2.53. The van der Waals surface area contributed by atoms with Crippen molar-refractivity contribution in [2.24, 2.45) is 5.10 Å². The van der Waals surface area contributed by atoms with Crippen molar-refractivity contribution in [1.82, 2.24) is 10.2 Å². The van der Waals surface area contributed by atoms with Crippen molar-refractivity contribution in [3.8, 4) is 0 Å². The molecule has 1 heterocycles. The van der Waals surface area contributed by atoms with Crippen LogP contribution in [0.5, 0.6) is 0 Å². The quantitative estimate of drug-likeness (QED) is 0.552. The van der Waals surface area contributed by atoms with Gasteiger partial charge in [-0.25, -0.2) is 0 Å². The molecule has 2 aromatic carbocycles. The first-order valence-electron chi connectivity index (χ1n) is 6.19. The summed E-state index contributed by atoms with van der Waals surface area (Å²) in [6.45, 7) is 0. The summed E-state index contributed by atoms with van der Waals surface area (Å²) in [6.07, 6.45) is 1.72. The molecular formula is C15H10BrClN4. The topological polar surface area (TPSA) is 50.2 Å². The minimum Gasteiger partial charge on any atom is -0.259 e. The van der Waals surface area contributed by atoms with Crippen molar-refractivity contribution >= 4 is 50.3 Å². The van der Waals surface area contributed by atoms with E-state index in [4.69, 9.17) is 11.6 Å². The van der Waals surface area contributed by atoms with E-state index in [-0.39, 0.29) is 0 Å². The van der Waals surface area contributed by atoms with Gasteiger partial charge in [0.1, 0.15) is 0 Å². The summed E-state index contributed by atoms with van der Waals surface area (Å²) >= 11 is 9.45. The van der Waals surface area contributed by atoms with Crippen molar-refractivity contribution in [1.29, 1.82) is 0 Å². The molecule has 0 saturated carbocycles. The van der Waals surface area contributed by atoms with Crippen LogP contribution in [0.15, 0.2) is 58.1 Å². The Kier molecular flexibility index (Phi) is 4.13. The molecule has 3 rings (SSSR count). The number of nitrogens with one attached hydrogen (secondary N) is 1.